The lowest BCUT2D eigenvalue weighted by molar-refractivity contribution is 0.0599. The van der Waals surface area contributed by atoms with Crippen LogP contribution < -0.4 is 4.74 Å². The summed E-state index contributed by atoms with van der Waals surface area (Å²) in [4.78, 5) is 23.9. The first-order chi connectivity index (χ1) is 11.5. The van der Waals surface area contributed by atoms with Gasteiger partial charge in [-0.25, -0.2) is 9.59 Å². The van der Waals surface area contributed by atoms with Crippen molar-refractivity contribution in [2.75, 3.05) is 26.8 Å². The molecule has 0 saturated carbocycles. The molecule has 1 aliphatic heterocycles. The van der Waals surface area contributed by atoms with Gasteiger partial charge in [0.1, 0.15) is 5.75 Å². The van der Waals surface area contributed by atoms with Crippen LogP contribution in [-0.2, 0) is 4.74 Å². The Kier molecular flexibility index (Phi) is 6.46. The number of likely N-dealkylation sites (tertiary alicyclic amines) is 1. The third-order valence-electron chi connectivity index (χ3n) is 4.51. The standard InChI is InChI=1S/C18H25NO5/c1-13-12-15(5-6-16(13)17(20)23-2)24-11-3-4-14-7-9-19(10-8-14)18(21)22/h5-6,12,14H,3-4,7-11H2,1-2H3,(H,21,22). The fraction of sp³-hybridized carbons (Fsp3) is 0.556. The highest BCUT2D eigenvalue weighted by atomic mass is 16.5. The van der Waals surface area contributed by atoms with E-state index < -0.39 is 6.09 Å². The fourth-order valence-corrected chi connectivity index (χ4v) is 3.04. The number of nitrogens with zero attached hydrogens (tertiary/aromatic N) is 1. The van der Waals surface area contributed by atoms with Gasteiger partial charge >= 0.3 is 12.1 Å². The smallest absolute Gasteiger partial charge is 0.407 e. The molecular formula is C18H25NO5. The van der Waals surface area contributed by atoms with Gasteiger partial charge in [-0.3, -0.25) is 0 Å². The number of esters is 1. The number of benzene rings is 1. The van der Waals surface area contributed by atoms with Gasteiger partial charge in [0.25, 0.3) is 0 Å². The van der Waals surface area contributed by atoms with E-state index in [4.69, 9.17) is 14.6 Å². The van der Waals surface area contributed by atoms with Crippen molar-refractivity contribution in [3.63, 3.8) is 0 Å². The van der Waals surface area contributed by atoms with E-state index in [0.29, 0.717) is 31.2 Å². The van der Waals surface area contributed by atoms with Crippen molar-refractivity contribution in [2.45, 2.75) is 32.6 Å². The molecule has 1 saturated heterocycles. The first-order valence-electron chi connectivity index (χ1n) is 8.31. The predicted octanol–water partition coefficient (Wildman–Crippen LogP) is 3.33. The quantitative estimate of drug-likeness (QED) is 0.637. The molecule has 0 radical (unpaired) electrons. The van der Waals surface area contributed by atoms with Crippen molar-refractivity contribution in [1.82, 2.24) is 4.90 Å². The summed E-state index contributed by atoms with van der Waals surface area (Å²) in [5.41, 5.74) is 1.38. The minimum absolute atomic E-state index is 0.341. The van der Waals surface area contributed by atoms with Crippen LogP contribution in [0, 0.1) is 12.8 Å². The second-order valence-electron chi connectivity index (χ2n) is 6.17. The van der Waals surface area contributed by atoms with Crippen LogP contribution in [0.25, 0.3) is 0 Å². The van der Waals surface area contributed by atoms with E-state index >= 15 is 0 Å². The number of carboxylic acid groups (broad SMARTS) is 1. The summed E-state index contributed by atoms with van der Waals surface area (Å²) in [6, 6.07) is 5.35. The zero-order valence-electron chi connectivity index (χ0n) is 14.3. The van der Waals surface area contributed by atoms with Crippen LogP contribution in [0.3, 0.4) is 0 Å². The molecular weight excluding hydrogens is 310 g/mol. The Morgan fingerprint density at radius 1 is 1.29 bits per heavy atom. The van der Waals surface area contributed by atoms with Crippen LogP contribution in [0.4, 0.5) is 4.79 Å². The molecule has 6 heteroatoms. The average Bonchev–Trinajstić information content (AvgIpc) is 2.58. The first kappa shape index (κ1) is 18.1. The number of hydrogen-bond acceptors (Lipinski definition) is 4. The van der Waals surface area contributed by atoms with Crippen molar-refractivity contribution in [3.8, 4) is 5.75 Å². The molecule has 1 heterocycles. The third-order valence-corrected chi connectivity index (χ3v) is 4.51. The van der Waals surface area contributed by atoms with Gasteiger partial charge in [0.05, 0.1) is 19.3 Å². The van der Waals surface area contributed by atoms with E-state index in [1.807, 2.05) is 13.0 Å². The zero-order valence-corrected chi connectivity index (χ0v) is 14.3. The van der Waals surface area contributed by atoms with Crippen LogP contribution in [-0.4, -0.2) is 48.9 Å². The highest BCUT2D eigenvalue weighted by molar-refractivity contribution is 5.91. The highest BCUT2D eigenvalue weighted by Crippen LogP contribution is 2.23. The lowest BCUT2D eigenvalue weighted by Gasteiger charge is -2.29. The molecule has 0 aromatic heterocycles. The Morgan fingerprint density at radius 2 is 2.00 bits per heavy atom. The van der Waals surface area contributed by atoms with E-state index in [1.165, 1.54) is 12.0 Å². The molecule has 1 aromatic carbocycles. The number of carbonyl (C=O) groups is 2. The Hall–Kier alpha value is -2.24. The number of ether oxygens (including phenoxy) is 2. The Labute approximate surface area is 142 Å². The summed E-state index contributed by atoms with van der Waals surface area (Å²) in [5.74, 6) is 0.986. The van der Waals surface area contributed by atoms with Crippen molar-refractivity contribution < 1.29 is 24.2 Å². The number of carbonyl (C=O) groups excluding carboxylic acids is 1. The number of methoxy groups -OCH3 is 1. The fourth-order valence-electron chi connectivity index (χ4n) is 3.04. The SMILES string of the molecule is COC(=O)c1ccc(OCCCC2CCN(C(=O)O)CC2)cc1C. The van der Waals surface area contributed by atoms with Crippen LogP contribution in [0.2, 0.25) is 0 Å². The molecule has 1 fully saturated rings. The van der Waals surface area contributed by atoms with E-state index in [2.05, 4.69) is 0 Å². The molecule has 132 valence electrons. The topological polar surface area (TPSA) is 76.1 Å². The molecule has 0 aliphatic carbocycles. The Balaban J connectivity index is 1.70. The zero-order chi connectivity index (χ0) is 17.5. The second-order valence-corrected chi connectivity index (χ2v) is 6.17. The second kappa shape index (κ2) is 8.57. The number of aryl methyl sites for hydroxylation is 1. The molecule has 1 aromatic rings. The Bertz CT molecular complexity index is 579. The van der Waals surface area contributed by atoms with Gasteiger partial charge in [0.15, 0.2) is 0 Å². The largest absolute Gasteiger partial charge is 0.494 e. The molecule has 6 nitrogen and oxygen atoms in total. The summed E-state index contributed by atoms with van der Waals surface area (Å²) < 4.78 is 10.5. The molecule has 0 unspecified atom stereocenters. The normalized spacial score (nSPS) is 15.2. The van der Waals surface area contributed by atoms with Crippen LogP contribution in [0.1, 0.15) is 41.6 Å². The maximum atomic E-state index is 11.5. The third kappa shape index (κ3) is 4.88. The van der Waals surface area contributed by atoms with E-state index in [9.17, 15) is 9.59 Å². The molecule has 0 bridgehead atoms. The van der Waals surface area contributed by atoms with Gasteiger partial charge in [0.2, 0.25) is 0 Å². The minimum Gasteiger partial charge on any atom is -0.494 e. The Morgan fingerprint density at radius 3 is 2.58 bits per heavy atom. The monoisotopic (exact) mass is 335 g/mol. The van der Waals surface area contributed by atoms with Crippen molar-refractivity contribution >= 4 is 12.1 Å². The maximum absolute atomic E-state index is 11.5. The summed E-state index contributed by atoms with van der Waals surface area (Å²) in [5, 5.41) is 8.93. The average molecular weight is 335 g/mol. The van der Waals surface area contributed by atoms with Gasteiger partial charge in [0, 0.05) is 13.1 Å². The number of hydrogen-bond donors (Lipinski definition) is 1. The lowest BCUT2D eigenvalue weighted by atomic mass is 9.92. The maximum Gasteiger partial charge on any atom is 0.407 e. The van der Waals surface area contributed by atoms with E-state index in [1.54, 1.807) is 12.1 Å². The van der Waals surface area contributed by atoms with E-state index in [-0.39, 0.29) is 5.97 Å². The molecule has 0 atom stereocenters. The molecule has 1 amide bonds. The van der Waals surface area contributed by atoms with Crippen molar-refractivity contribution in [2.24, 2.45) is 5.92 Å². The summed E-state index contributed by atoms with van der Waals surface area (Å²) in [7, 11) is 1.37. The summed E-state index contributed by atoms with van der Waals surface area (Å²) in [6.07, 6.45) is 3.03. The summed E-state index contributed by atoms with van der Waals surface area (Å²) in [6.45, 7) is 3.75. The minimum atomic E-state index is -0.817. The molecule has 24 heavy (non-hydrogen) atoms. The number of rotatable bonds is 6. The molecule has 1 aliphatic rings. The predicted molar refractivity (Wildman–Crippen MR) is 89.6 cm³/mol. The molecule has 1 N–H and O–H groups in total. The van der Waals surface area contributed by atoms with Gasteiger partial charge in [-0.2, -0.15) is 0 Å². The van der Waals surface area contributed by atoms with Gasteiger partial charge in [-0.15, -0.1) is 0 Å². The van der Waals surface area contributed by atoms with Crippen LogP contribution in [0.15, 0.2) is 18.2 Å². The van der Waals surface area contributed by atoms with Crippen molar-refractivity contribution in [1.29, 1.82) is 0 Å². The van der Waals surface area contributed by atoms with Crippen molar-refractivity contribution in [3.05, 3.63) is 29.3 Å². The van der Waals surface area contributed by atoms with Gasteiger partial charge in [-0.1, -0.05) is 0 Å². The van der Waals surface area contributed by atoms with Crippen LogP contribution in [0.5, 0.6) is 5.75 Å². The molecule has 0 spiro atoms. The number of amides is 1. The highest BCUT2D eigenvalue weighted by Gasteiger charge is 2.21. The summed E-state index contributed by atoms with van der Waals surface area (Å²) >= 11 is 0. The molecule has 2 rings (SSSR count). The van der Waals surface area contributed by atoms with E-state index in [0.717, 1.165) is 37.0 Å². The number of piperidine rings is 1. The first-order valence-corrected chi connectivity index (χ1v) is 8.31. The van der Waals surface area contributed by atoms with Gasteiger partial charge < -0.3 is 19.5 Å². The van der Waals surface area contributed by atoms with Crippen LogP contribution >= 0.6 is 0 Å². The lowest BCUT2D eigenvalue weighted by Crippen LogP contribution is -2.37. The van der Waals surface area contributed by atoms with Gasteiger partial charge in [-0.05, 0) is 62.3 Å².